The maximum absolute atomic E-state index is 12.8. The van der Waals surface area contributed by atoms with E-state index >= 15 is 0 Å². The molecular formula is C61H110O6. The molecule has 1 unspecified atom stereocenters. The van der Waals surface area contributed by atoms with E-state index in [1.54, 1.807) is 0 Å². The van der Waals surface area contributed by atoms with Crippen LogP contribution in [-0.2, 0) is 28.6 Å². The van der Waals surface area contributed by atoms with Crippen LogP contribution in [0, 0.1) is 0 Å². The van der Waals surface area contributed by atoms with Gasteiger partial charge in [0.2, 0.25) is 0 Å². The van der Waals surface area contributed by atoms with E-state index in [2.05, 4.69) is 69.4 Å². The summed E-state index contributed by atoms with van der Waals surface area (Å²) < 4.78 is 16.8. The normalized spacial score (nSPS) is 12.3. The molecule has 0 spiro atoms. The van der Waals surface area contributed by atoms with Gasteiger partial charge in [0.1, 0.15) is 13.2 Å². The van der Waals surface area contributed by atoms with Crippen molar-refractivity contribution in [3.8, 4) is 0 Å². The molecule has 0 heterocycles. The maximum atomic E-state index is 12.8. The molecule has 0 saturated heterocycles. The molecule has 67 heavy (non-hydrogen) atoms. The van der Waals surface area contributed by atoms with Crippen LogP contribution in [0.15, 0.2) is 48.6 Å². The SMILES string of the molecule is CCCCCCC/C=C\C/C=C\C/C=C\CCCCCCCCCCC(=O)OCC(COC(=O)CCCCCCCCCC)OC(=O)CCCCCCCCC/C=C\CCCCCCCCC. The number of carbonyl (C=O) groups excluding carboxylic acids is 3. The van der Waals surface area contributed by atoms with Gasteiger partial charge in [-0.1, -0.05) is 249 Å². The Balaban J connectivity index is 4.23. The molecule has 0 aromatic rings. The molecule has 0 aliphatic heterocycles. The van der Waals surface area contributed by atoms with Gasteiger partial charge in [-0.2, -0.15) is 0 Å². The summed E-state index contributed by atoms with van der Waals surface area (Å²) in [5.41, 5.74) is 0. The van der Waals surface area contributed by atoms with Crippen LogP contribution in [0.1, 0.15) is 303 Å². The highest BCUT2D eigenvalue weighted by atomic mass is 16.6. The molecule has 0 fully saturated rings. The molecule has 390 valence electrons. The van der Waals surface area contributed by atoms with Gasteiger partial charge in [-0.15, -0.1) is 0 Å². The minimum atomic E-state index is -0.775. The van der Waals surface area contributed by atoms with Crippen LogP contribution >= 0.6 is 0 Å². The minimum absolute atomic E-state index is 0.0751. The summed E-state index contributed by atoms with van der Waals surface area (Å²) in [6.07, 6.45) is 68.3. The minimum Gasteiger partial charge on any atom is -0.462 e. The lowest BCUT2D eigenvalue weighted by Gasteiger charge is -2.18. The first-order valence-corrected chi connectivity index (χ1v) is 29.1. The van der Waals surface area contributed by atoms with Crippen molar-refractivity contribution in [2.75, 3.05) is 13.2 Å². The molecule has 0 amide bonds. The zero-order valence-electron chi connectivity index (χ0n) is 44.7. The van der Waals surface area contributed by atoms with Crippen LogP contribution in [0.5, 0.6) is 0 Å². The Morgan fingerprint density at radius 2 is 0.537 bits per heavy atom. The van der Waals surface area contributed by atoms with E-state index in [0.717, 1.165) is 77.0 Å². The lowest BCUT2D eigenvalue weighted by Crippen LogP contribution is -2.30. The van der Waals surface area contributed by atoms with Crippen LogP contribution in [0.3, 0.4) is 0 Å². The van der Waals surface area contributed by atoms with E-state index in [4.69, 9.17) is 14.2 Å². The fourth-order valence-corrected chi connectivity index (χ4v) is 8.39. The Morgan fingerprint density at radius 1 is 0.299 bits per heavy atom. The average molecular weight is 940 g/mol. The van der Waals surface area contributed by atoms with E-state index in [1.165, 1.54) is 186 Å². The summed E-state index contributed by atoms with van der Waals surface area (Å²) in [6.45, 7) is 6.62. The number of carbonyl (C=O) groups is 3. The first kappa shape index (κ1) is 64.4. The van der Waals surface area contributed by atoms with Crippen LogP contribution in [0.4, 0.5) is 0 Å². The molecule has 0 bridgehead atoms. The number of ether oxygens (including phenoxy) is 3. The fourth-order valence-electron chi connectivity index (χ4n) is 8.39. The molecule has 0 rings (SSSR count). The zero-order valence-corrected chi connectivity index (χ0v) is 44.7. The smallest absolute Gasteiger partial charge is 0.306 e. The van der Waals surface area contributed by atoms with Crippen molar-refractivity contribution in [2.45, 2.75) is 309 Å². The number of hydrogen-bond acceptors (Lipinski definition) is 6. The number of rotatable bonds is 53. The summed E-state index contributed by atoms with van der Waals surface area (Å²) in [5, 5.41) is 0. The largest absolute Gasteiger partial charge is 0.462 e. The summed E-state index contributed by atoms with van der Waals surface area (Å²) >= 11 is 0. The first-order chi connectivity index (χ1) is 33.0. The van der Waals surface area contributed by atoms with Crippen LogP contribution < -0.4 is 0 Å². The van der Waals surface area contributed by atoms with Crippen molar-refractivity contribution in [1.29, 1.82) is 0 Å². The summed E-state index contributed by atoms with van der Waals surface area (Å²) in [7, 11) is 0. The van der Waals surface area contributed by atoms with E-state index in [9.17, 15) is 14.4 Å². The van der Waals surface area contributed by atoms with Crippen molar-refractivity contribution in [2.24, 2.45) is 0 Å². The zero-order chi connectivity index (χ0) is 48.6. The predicted octanol–water partition coefficient (Wildman–Crippen LogP) is 19.4. The Labute approximate surface area is 416 Å². The lowest BCUT2D eigenvalue weighted by atomic mass is 10.1. The first-order valence-electron chi connectivity index (χ1n) is 29.1. The number of allylic oxidation sites excluding steroid dienone is 8. The predicted molar refractivity (Wildman–Crippen MR) is 289 cm³/mol. The van der Waals surface area contributed by atoms with Crippen LogP contribution in [0.2, 0.25) is 0 Å². The standard InChI is InChI=1S/C61H110O6/c1-4-7-10-13-16-19-21-23-25-27-29-30-31-32-33-35-36-38-40-42-45-48-51-54-60(63)66-57-58(56-65-59(62)53-50-47-44-18-15-12-9-6-3)67-61(64)55-52-49-46-43-41-39-37-34-28-26-24-22-20-17-14-11-8-5-2/h21,23,26-29,31-32,58H,4-20,22,24-25,30,33-57H2,1-3H3/b23-21-,28-26-,29-27-,32-31-. The molecule has 0 radical (unpaired) electrons. The third-order valence-electron chi connectivity index (χ3n) is 12.8. The second kappa shape index (κ2) is 56.0. The second-order valence-electron chi connectivity index (χ2n) is 19.6. The average Bonchev–Trinajstić information content (AvgIpc) is 3.33. The Morgan fingerprint density at radius 3 is 0.851 bits per heavy atom. The maximum Gasteiger partial charge on any atom is 0.306 e. The molecule has 0 aliphatic rings. The number of hydrogen-bond donors (Lipinski definition) is 0. The van der Waals surface area contributed by atoms with Gasteiger partial charge in [-0.3, -0.25) is 14.4 Å². The lowest BCUT2D eigenvalue weighted by molar-refractivity contribution is -0.167. The highest BCUT2D eigenvalue weighted by Gasteiger charge is 2.19. The van der Waals surface area contributed by atoms with Gasteiger partial charge in [0, 0.05) is 19.3 Å². The second-order valence-corrected chi connectivity index (χ2v) is 19.6. The molecule has 6 nitrogen and oxygen atoms in total. The quantitative estimate of drug-likeness (QED) is 0.0262. The van der Waals surface area contributed by atoms with Crippen molar-refractivity contribution in [3.63, 3.8) is 0 Å². The molecule has 0 aromatic heterocycles. The van der Waals surface area contributed by atoms with E-state index < -0.39 is 6.10 Å². The highest BCUT2D eigenvalue weighted by Crippen LogP contribution is 2.15. The summed E-state index contributed by atoms with van der Waals surface area (Å²) in [6, 6.07) is 0. The van der Waals surface area contributed by atoms with Gasteiger partial charge in [-0.05, 0) is 83.5 Å². The third-order valence-corrected chi connectivity index (χ3v) is 12.8. The summed E-state index contributed by atoms with van der Waals surface area (Å²) in [4.78, 5) is 38.0. The topological polar surface area (TPSA) is 78.9 Å². The van der Waals surface area contributed by atoms with Gasteiger partial charge < -0.3 is 14.2 Å². The van der Waals surface area contributed by atoms with Gasteiger partial charge in [-0.25, -0.2) is 0 Å². The molecule has 0 aliphatic carbocycles. The van der Waals surface area contributed by atoms with Crippen LogP contribution in [0.25, 0.3) is 0 Å². The monoisotopic (exact) mass is 939 g/mol. The van der Waals surface area contributed by atoms with Gasteiger partial charge in [0.25, 0.3) is 0 Å². The molecule has 0 aromatic carbocycles. The number of unbranched alkanes of at least 4 members (excludes halogenated alkanes) is 34. The fraction of sp³-hybridized carbons (Fsp3) is 0.820. The van der Waals surface area contributed by atoms with Crippen molar-refractivity contribution >= 4 is 17.9 Å². The van der Waals surface area contributed by atoms with E-state index in [1.807, 2.05) is 0 Å². The Bertz CT molecular complexity index is 1170. The molecule has 1 atom stereocenters. The molecule has 0 N–H and O–H groups in total. The van der Waals surface area contributed by atoms with E-state index in [-0.39, 0.29) is 31.1 Å². The van der Waals surface area contributed by atoms with Gasteiger partial charge in [0.15, 0.2) is 6.10 Å². The summed E-state index contributed by atoms with van der Waals surface area (Å²) in [5.74, 6) is -0.879. The van der Waals surface area contributed by atoms with Crippen molar-refractivity contribution in [3.05, 3.63) is 48.6 Å². The van der Waals surface area contributed by atoms with Gasteiger partial charge >= 0.3 is 17.9 Å². The third kappa shape index (κ3) is 54.2. The van der Waals surface area contributed by atoms with Gasteiger partial charge in [0.05, 0.1) is 0 Å². The Kier molecular flexibility index (Phi) is 53.8. The Hall–Kier alpha value is -2.63. The van der Waals surface area contributed by atoms with Crippen LogP contribution in [-0.4, -0.2) is 37.2 Å². The van der Waals surface area contributed by atoms with Crippen molar-refractivity contribution in [1.82, 2.24) is 0 Å². The molecule has 6 heteroatoms. The number of esters is 3. The molecule has 0 saturated carbocycles. The highest BCUT2D eigenvalue weighted by molar-refractivity contribution is 5.71. The van der Waals surface area contributed by atoms with Crippen molar-refractivity contribution < 1.29 is 28.6 Å². The molecular weight excluding hydrogens is 829 g/mol. The van der Waals surface area contributed by atoms with E-state index in [0.29, 0.717) is 19.3 Å².